The monoisotopic (exact) mass is 444 g/mol. The predicted octanol–water partition coefficient (Wildman–Crippen LogP) is 4.60. The van der Waals surface area contributed by atoms with E-state index in [4.69, 9.17) is 19.1 Å². The second-order valence-corrected chi connectivity index (χ2v) is 8.01. The fourth-order valence-corrected chi connectivity index (χ4v) is 4.15. The van der Waals surface area contributed by atoms with Gasteiger partial charge in [0.15, 0.2) is 22.6 Å². The number of hydrogen-bond acceptors (Lipinski definition) is 7. The number of nitrogens with zero attached hydrogens (tertiary/aromatic N) is 5. The van der Waals surface area contributed by atoms with Crippen molar-refractivity contribution in [1.82, 2.24) is 24.5 Å². The van der Waals surface area contributed by atoms with Crippen LogP contribution in [0, 0.1) is 5.82 Å². The molecule has 0 atom stereocenters. The molecule has 3 aromatic heterocycles. The highest BCUT2D eigenvalue weighted by Crippen LogP contribution is 2.29. The van der Waals surface area contributed by atoms with Crippen molar-refractivity contribution in [3.8, 4) is 5.69 Å². The SMILES string of the molecule is Fc1cccc(-n2cnc3c(NCc4nc5ccccc5o4)nc(C4CCOCC4)nc32)c1. The molecule has 1 fully saturated rings. The number of fused-ring (bicyclic) bond motifs is 2. The third kappa shape index (κ3) is 3.80. The summed E-state index contributed by atoms with van der Waals surface area (Å²) < 4.78 is 27.0. The number of para-hydroxylation sites is 2. The zero-order chi connectivity index (χ0) is 22.2. The lowest BCUT2D eigenvalue weighted by molar-refractivity contribution is 0.0836. The van der Waals surface area contributed by atoms with Gasteiger partial charge in [0, 0.05) is 19.1 Å². The summed E-state index contributed by atoms with van der Waals surface area (Å²) in [4.78, 5) is 18.7. The van der Waals surface area contributed by atoms with Crippen molar-refractivity contribution in [1.29, 1.82) is 0 Å². The maximum absolute atomic E-state index is 13.9. The van der Waals surface area contributed by atoms with E-state index < -0.39 is 0 Å². The smallest absolute Gasteiger partial charge is 0.214 e. The van der Waals surface area contributed by atoms with Crippen LogP contribution in [0.3, 0.4) is 0 Å². The molecule has 0 amide bonds. The van der Waals surface area contributed by atoms with Crippen molar-refractivity contribution >= 4 is 28.1 Å². The molecule has 8 nitrogen and oxygen atoms in total. The average molecular weight is 444 g/mol. The number of rotatable bonds is 5. The Labute approximate surface area is 188 Å². The molecule has 0 radical (unpaired) electrons. The number of aromatic nitrogens is 5. The highest BCUT2D eigenvalue weighted by atomic mass is 19.1. The molecule has 0 spiro atoms. The summed E-state index contributed by atoms with van der Waals surface area (Å²) in [6, 6.07) is 14.0. The van der Waals surface area contributed by atoms with Crippen LogP contribution in [0.15, 0.2) is 59.3 Å². The molecular weight excluding hydrogens is 423 g/mol. The zero-order valence-corrected chi connectivity index (χ0v) is 17.7. The van der Waals surface area contributed by atoms with Crippen LogP contribution in [0.25, 0.3) is 28.0 Å². The Hall–Kier alpha value is -3.85. The average Bonchev–Trinajstić information content (AvgIpc) is 3.47. The van der Waals surface area contributed by atoms with Crippen LogP contribution in [0.2, 0.25) is 0 Å². The predicted molar refractivity (Wildman–Crippen MR) is 121 cm³/mol. The van der Waals surface area contributed by atoms with E-state index in [0.717, 1.165) is 29.8 Å². The molecule has 1 aliphatic rings. The van der Waals surface area contributed by atoms with Crippen molar-refractivity contribution in [3.63, 3.8) is 0 Å². The summed E-state index contributed by atoms with van der Waals surface area (Å²) in [6.07, 6.45) is 3.35. The zero-order valence-electron chi connectivity index (χ0n) is 17.7. The van der Waals surface area contributed by atoms with Gasteiger partial charge in [0.25, 0.3) is 0 Å². The minimum Gasteiger partial charge on any atom is -0.439 e. The van der Waals surface area contributed by atoms with E-state index in [1.807, 2.05) is 30.3 Å². The van der Waals surface area contributed by atoms with E-state index in [0.29, 0.717) is 48.3 Å². The van der Waals surface area contributed by atoms with Gasteiger partial charge in [-0.1, -0.05) is 18.2 Å². The Bertz CT molecular complexity index is 1410. The molecule has 4 heterocycles. The minimum absolute atomic E-state index is 0.184. The number of halogens is 1. The van der Waals surface area contributed by atoms with Gasteiger partial charge in [-0.3, -0.25) is 4.57 Å². The first-order valence-electron chi connectivity index (χ1n) is 10.9. The molecule has 0 aliphatic carbocycles. The Kier molecular flexibility index (Phi) is 4.95. The molecule has 166 valence electrons. The molecule has 0 bridgehead atoms. The fourth-order valence-electron chi connectivity index (χ4n) is 4.15. The normalized spacial score (nSPS) is 14.8. The van der Waals surface area contributed by atoms with Gasteiger partial charge in [0.1, 0.15) is 23.5 Å². The highest BCUT2D eigenvalue weighted by Gasteiger charge is 2.23. The van der Waals surface area contributed by atoms with Crippen LogP contribution in [-0.2, 0) is 11.3 Å². The first kappa shape index (κ1) is 19.8. The molecule has 2 aromatic carbocycles. The molecule has 33 heavy (non-hydrogen) atoms. The van der Waals surface area contributed by atoms with Gasteiger partial charge in [0.05, 0.1) is 12.2 Å². The number of anilines is 1. The first-order chi connectivity index (χ1) is 16.2. The summed E-state index contributed by atoms with van der Waals surface area (Å²) in [5.74, 6) is 1.74. The van der Waals surface area contributed by atoms with Gasteiger partial charge < -0.3 is 14.5 Å². The Morgan fingerprint density at radius 1 is 1.03 bits per heavy atom. The van der Waals surface area contributed by atoms with Gasteiger partial charge in [-0.2, -0.15) is 0 Å². The molecule has 0 unspecified atom stereocenters. The summed E-state index contributed by atoms with van der Waals surface area (Å²) in [7, 11) is 0. The van der Waals surface area contributed by atoms with Crippen molar-refractivity contribution in [2.24, 2.45) is 0 Å². The summed E-state index contributed by atoms with van der Waals surface area (Å²) >= 11 is 0. The van der Waals surface area contributed by atoms with E-state index >= 15 is 0 Å². The van der Waals surface area contributed by atoms with E-state index in [1.165, 1.54) is 12.1 Å². The lowest BCUT2D eigenvalue weighted by atomic mass is 9.99. The molecule has 9 heteroatoms. The molecule has 5 aromatic rings. The van der Waals surface area contributed by atoms with Gasteiger partial charge in [-0.25, -0.2) is 24.3 Å². The Balaban J connectivity index is 1.41. The molecule has 0 saturated carbocycles. The summed E-state index contributed by atoms with van der Waals surface area (Å²) in [5.41, 5.74) is 3.42. The van der Waals surface area contributed by atoms with Crippen molar-refractivity contribution < 1.29 is 13.5 Å². The largest absolute Gasteiger partial charge is 0.439 e. The maximum atomic E-state index is 13.9. The first-order valence-corrected chi connectivity index (χ1v) is 10.9. The number of imidazole rings is 1. The van der Waals surface area contributed by atoms with Crippen LogP contribution in [0.4, 0.5) is 10.2 Å². The van der Waals surface area contributed by atoms with Crippen molar-refractivity contribution in [2.45, 2.75) is 25.3 Å². The van der Waals surface area contributed by atoms with E-state index in [-0.39, 0.29) is 11.7 Å². The number of ether oxygens (including phenoxy) is 1. The molecule has 1 saturated heterocycles. The number of oxazole rings is 1. The number of hydrogen-bond donors (Lipinski definition) is 1. The summed E-state index contributed by atoms with van der Waals surface area (Å²) in [5, 5.41) is 3.33. The van der Waals surface area contributed by atoms with Crippen LogP contribution in [0.5, 0.6) is 0 Å². The topological polar surface area (TPSA) is 90.9 Å². The molecular formula is C24H21FN6O2. The lowest BCUT2D eigenvalue weighted by Gasteiger charge is -2.21. The lowest BCUT2D eigenvalue weighted by Crippen LogP contribution is -2.17. The van der Waals surface area contributed by atoms with Crippen LogP contribution in [0.1, 0.15) is 30.5 Å². The van der Waals surface area contributed by atoms with Gasteiger partial charge in [-0.05, 0) is 43.2 Å². The molecule has 1 aliphatic heterocycles. The Morgan fingerprint density at radius 2 is 1.91 bits per heavy atom. The van der Waals surface area contributed by atoms with Gasteiger partial charge in [0.2, 0.25) is 5.89 Å². The quantitative estimate of drug-likeness (QED) is 0.424. The van der Waals surface area contributed by atoms with Crippen LogP contribution >= 0.6 is 0 Å². The minimum atomic E-state index is -0.317. The third-order valence-electron chi connectivity index (χ3n) is 5.83. The van der Waals surface area contributed by atoms with Crippen LogP contribution < -0.4 is 5.32 Å². The fraction of sp³-hybridized carbons (Fsp3) is 0.250. The van der Waals surface area contributed by atoms with E-state index in [1.54, 1.807) is 17.0 Å². The molecule has 6 rings (SSSR count). The molecule has 1 N–H and O–H groups in total. The number of nitrogens with one attached hydrogen (secondary N) is 1. The maximum Gasteiger partial charge on any atom is 0.214 e. The van der Waals surface area contributed by atoms with Gasteiger partial charge >= 0.3 is 0 Å². The van der Waals surface area contributed by atoms with E-state index in [9.17, 15) is 4.39 Å². The van der Waals surface area contributed by atoms with Gasteiger partial charge in [-0.15, -0.1) is 0 Å². The second kappa shape index (κ2) is 8.25. The Morgan fingerprint density at radius 3 is 2.76 bits per heavy atom. The van der Waals surface area contributed by atoms with Crippen molar-refractivity contribution in [3.05, 3.63) is 72.4 Å². The van der Waals surface area contributed by atoms with Crippen LogP contribution in [-0.4, -0.2) is 37.7 Å². The number of benzene rings is 2. The summed E-state index contributed by atoms with van der Waals surface area (Å²) in [6.45, 7) is 1.71. The highest BCUT2D eigenvalue weighted by molar-refractivity contribution is 5.84. The third-order valence-corrected chi connectivity index (χ3v) is 5.83. The van der Waals surface area contributed by atoms with Crippen molar-refractivity contribution in [2.75, 3.05) is 18.5 Å². The standard InChI is InChI=1S/C24H21FN6O2/c25-16-4-3-5-17(12-16)31-14-27-21-23(26-13-20-28-18-6-1-2-7-19(18)33-20)29-22(30-24(21)31)15-8-10-32-11-9-15/h1-7,12,14-15H,8-11,13H2,(H,26,29,30). The van der Waals surface area contributed by atoms with E-state index in [2.05, 4.69) is 15.3 Å². The second-order valence-electron chi connectivity index (χ2n) is 8.01.